The van der Waals surface area contributed by atoms with Crippen LogP contribution in [0.3, 0.4) is 0 Å². The van der Waals surface area contributed by atoms with E-state index in [9.17, 15) is 0 Å². The number of H-pyrrole nitrogens is 1. The highest BCUT2D eigenvalue weighted by Crippen LogP contribution is 1.85. The molecule has 11 heavy (non-hydrogen) atoms. The van der Waals surface area contributed by atoms with Crippen molar-refractivity contribution in [3.63, 3.8) is 0 Å². The maximum absolute atomic E-state index is 4.96. The molecule has 0 saturated carbocycles. The van der Waals surface area contributed by atoms with Crippen molar-refractivity contribution in [3.05, 3.63) is 18.2 Å². The van der Waals surface area contributed by atoms with Crippen LogP contribution in [0.4, 0.5) is 0 Å². The van der Waals surface area contributed by atoms with Crippen molar-refractivity contribution in [1.29, 1.82) is 0 Å². The largest absolute Gasteiger partial charge is 0.385 e. The summed E-state index contributed by atoms with van der Waals surface area (Å²) >= 11 is 0. The number of aryl methyl sites for hydroxylation is 2. The van der Waals surface area contributed by atoms with Gasteiger partial charge >= 0.3 is 0 Å². The number of ether oxygens (including phenoxy) is 1. The van der Waals surface area contributed by atoms with Crippen molar-refractivity contribution in [2.75, 3.05) is 13.7 Å². The molecule has 1 aromatic rings. The summed E-state index contributed by atoms with van der Waals surface area (Å²) in [4.78, 5) is 3.12. The summed E-state index contributed by atoms with van der Waals surface area (Å²) in [5, 5.41) is 0. The maximum Gasteiger partial charge on any atom is 0.251 e. The van der Waals surface area contributed by atoms with E-state index in [0.717, 1.165) is 19.6 Å². The number of aromatic amines is 1. The van der Waals surface area contributed by atoms with Crippen LogP contribution in [-0.4, -0.2) is 18.7 Å². The van der Waals surface area contributed by atoms with Gasteiger partial charge in [-0.15, -0.1) is 0 Å². The summed E-state index contributed by atoms with van der Waals surface area (Å²) in [7, 11) is 1.73. The Balaban J connectivity index is 2.32. The number of methoxy groups -OCH3 is 1. The molecule has 0 saturated heterocycles. The van der Waals surface area contributed by atoms with Crippen molar-refractivity contribution in [3.8, 4) is 0 Å². The molecule has 0 atom stereocenters. The Morgan fingerprint density at radius 2 is 2.45 bits per heavy atom. The van der Waals surface area contributed by atoms with E-state index in [1.807, 2.05) is 12.4 Å². The maximum atomic E-state index is 4.96. The number of rotatable bonds is 4. The minimum Gasteiger partial charge on any atom is -0.385 e. The smallest absolute Gasteiger partial charge is 0.251 e. The number of nitrogens with one attached hydrogen (secondary N) is 1. The van der Waals surface area contributed by atoms with Gasteiger partial charge in [-0.05, 0) is 0 Å². The van der Waals surface area contributed by atoms with E-state index < -0.39 is 0 Å². The number of aromatic nitrogens is 2. The molecule has 3 nitrogen and oxygen atoms in total. The second-order valence-corrected chi connectivity index (χ2v) is 2.59. The Hall–Kier alpha value is -0.830. The van der Waals surface area contributed by atoms with Gasteiger partial charge in [0, 0.05) is 27.1 Å². The lowest BCUT2D eigenvalue weighted by Gasteiger charge is -1.96. The first kappa shape index (κ1) is 8.27. The third-order valence-electron chi connectivity index (χ3n) is 1.72. The standard InChI is InChI=1S/C8H14N2O/c1-8-9-4-6-10(8)5-3-7-11-2/h4,6H,3,5,7H2,1-2H3/p+1. The summed E-state index contributed by atoms with van der Waals surface area (Å²) in [6.45, 7) is 3.92. The third-order valence-corrected chi connectivity index (χ3v) is 1.72. The first-order chi connectivity index (χ1) is 5.34. The molecule has 0 unspecified atom stereocenters. The molecule has 0 fully saturated rings. The van der Waals surface area contributed by atoms with E-state index in [2.05, 4.69) is 16.5 Å². The highest BCUT2D eigenvalue weighted by Gasteiger charge is 2.02. The van der Waals surface area contributed by atoms with E-state index >= 15 is 0 Å². The Morgan fingerprint density at radius 3 is 3.00 bits per heavy atom. The van der Waals surface area contributed by atoms with E-state index in [1.165, 1.54) is 5.82 Å². The van der Waals surface area contributed by atoms with Gasteiger partial charge in [0.05, 0.1) is 6.54 Å². The summed E-state index contributed by atoms with van der Waals surface area (Å²) in [5.74, 6) is 1.20. The molecule has 0 aliphatic carbocycles. The minimum atomic E-state index is 0.831. The molecule has 0 radical (unpaired) electrons. The molecule has 0 bridgehead atoms. The van der Waals surface area contributed by atoms with Crippen LogP contribution < -0.4 is 4.57 Å². The average Bonchev–Trinajstić information content (AvgIpc) is 2.37. The lowest BCUT2D eigenvalue weighted by atomic mass is 10.4. The molecule has 0 aromatic carbocycles. The average molecular weight is 155 g/mol. The van der Waals surface area contributed by atoms with Crippen LogP contribution >= 0.6 is 0 Å². The van der Waals surface area contributed by atoms with E-state index in [1.54, 1.807) is 7.11 Å². The molecule has 1 heterocycles. The van der Waals surface area contributed by atoms with Crippen molar-refractivity contribution >= 4 is 0 Å². The van der Waals surface area contributed by atoms with Crippen molar-refractivity contribution in [1.82, 2.24) is 4.98 Å². The quantitative estimate of drug-likeness (QED) is 0.502. The molecule has 0 spiro atoms. The predicted octanol–water partition coefficient (Wildman–Crippen LogP) is 0.647. The second-order valence-electron chi connectivity index (χ2n) is 2.59. The number of nitrogens with zero attached hydrogens (tertiary/aromatic N) is 1. The van der Waals surface area contributed by atoms with Gasteiger partial charge in [-0.2, -0.15) is 0 Å². The number of hydrogen-bond acceptors (Lipinski definition) is 1. The predicted molar refractivity (Wildman–Crippen MR) is 42.2 cm³/mol. The normalized spacial score (nSPS) is 10.4. The van der Waals surface area contributed by atoms with Crippen LogP contribution in [0, 0.1) is 6.92 Å². The molecular weight excluding hydrogens is 140 g/mol. The Kier molecular flexibility index (Phi) is 3.11. The van der Waals surface area contributed by atoms with E-state index in [0.29, 0.717) is 0 Å². The van der Waals surface area contributed by atoms with Crippen LogP contribution in [0.2, 0.25) is 0 Å². The van der Waals surface area contributed by atoms with Gasteiger partial charge in [0.25, 0.3) is 5.82 Å². The lowest BCUT2D eigenvalue weighted by Crippen LogP contribution is -2.34. The first-order valence-corrected chi connectivity index (χ1v) is 3.87. The highest BCUT2D eigenvalue weighted by molar-refractivity contribution is 4.70. The zero-order valence-electron chi connectivity index (χ0n) is 7.13. The molecular formula is C8H15N2O+. The molecule has 3 heteroatoms. The van der Waals surface area contributed by atoms with Gasteiger partial charge < -0.3 is 4.74 Å². The van der Waals surface area contributed by atoms with Crippen molar-refractivity contribution in [2.24, 2.45) is 0 Å². The van der Waals surface area contributed by atoms with Gasteiger partial charge in [0.1, 0.15) is 12.4 Å². The molecule has 0 aliphatic heterocycles. The fraction of sp³-hybridized carbons (Fsp3) is 0.625. The monoisotopic (exact) mass is 155 g/mol. The third kappa shape index (κ3) is 2.35. The number of hydrogen-bond donors (Lipinski definition) is 1. The van der Waals surface area contributed by atoms with Crippen LogP contribution in [0.1, 0.15) is 12.2 Å². The highest BCUT2D eigenvalue weighted by atomic mass is 16.5. The Labute approximate surface area is 67.0 Å². The zero-order valence-corrected chi connectivity index (χ0v) is 7.13. The fourth-order valence-electron chi connectivity index (χ4n) is 1.06. The van der Waals surface area contributed by atoms with Gasteiger partial charge in [-0.25, -0.2) is 9.55 Å². The van der Waals surface area contributed by atoms with Gasteiger partial charge in [-0.1, -0.05) is 0 Å². The topological polar surface area (TPSA) is 28.9 Å². The van der Waals surface area contributed by atoms with Crippen molar-refractivity contribution in [2.45, 2.75) is 19.9 Å². The molecule has 62 valence electrons. The van der Waals surface area contributed by atoms with Gasteiger partial charge in [0.15, 0.2) is 0 Å². The summed E-state index contributed by atoms with van der Waals surface area (Å²) in [6.07, 6.45) is 5.06. The first-order valence-electron chi connectivity index (χ1n) is 3.87. The number of imidazole rings is 1. The second kappa shape index (κ2) is 4.13. The molecule has 1 N–H and O–H groups in total. The van der Waals surface area contributed by atoms with Gasteiger partial charge in [0.2, 0.25) is 0 Å². The van der Waals surface area contributed by atoms with Gasteiger partial charge in [-0.3, -0.25) is 0 Å². The molecule has 0 aliphatic rings. The minimum absolute atomic E-state index is 0.831. The summed E-state index contributed by atoms with van der Waals surface area (Å²) in [6, 6.07) is 0. The van der Waals surface area contributed by atoms with Crippen LogP contribution in [0.5, 0.6) is 0 Å². The summed E-state index contributed by atoms with van der Waals surface area (Å²) < 4.78 is 7.14. The van der Waals surface area contributed by atoms with E-state index in [4.69, 9.17) is 4.74 Å². The molecule has 1 aromatic heterocycles. The Bertz CT molecular complexity index is 208. The Morgan fingerprint density at radius 1 is 1.64 bits per heavy atom. The molecule has 1 rings (SSSR count). The zero-order chi connectivity index (χ0) is 8.10. The SMILES string of the molecule is COCCC[n+]1cc[nH]c1C. The summed E-state index contributed by atoms with van der Waals surface area (Å²) in [5.41, 5.74) is 0. The van der Waals surface area contributed by atoms with Crippen LogP contribution in [0.25, 0.3) is 0 Å². The fourth-order valence-corrected chi connectivity index (χ4v) is 1.06. The lowest BCUT2D eigenvalue weighted by molar-refractivity contribution is -0.702. The van der Waals surface area contributed by atoms with Crippen LogP contribution in [0.15, 0.2) is 12.4 Å². The van der Waals surface area contributed by atoms with E-state index in [-0.39, 0.29) is 0 Å². The molecule has 0 amide bonds. The van der Waals surface area contributed by atoms with Crippen LogP contribution in [-0.2, 0) is 11.3 Å². The van der Waals surface area contributed by atoms with Crippen molar-refractivity contribution < 1.29 is 9.30 Å².